The molecular weight excluding hydrogens is 210 g/mol. The largest absolute Gasteiger partial charge is 0.306 e. The Balaban J connectivity index is 2.11. The molecule has 0 saturated heterocycles. The van der Waals surface area contributed by atoms with Crippen LogP contribution in [0.2, 0.25) is 0 Å². The molecule has 1 fully saturated rings. The standard InChI is InChI=1S/C10H9N3OS/c14-9-3-7(6-1-2-6)12-10(13-9)8-4-11-5-15-8/h3-6H,1-2H2,(H,12,13,14). The number of aromatic amines is 1. The van der Waals surface area contributed by atoms with Crippen LogP contribution in [0.25, 0.3) is 10.7 Å². The van der Waals surface area contributed by atoms with Gasteiger partial charge >= 0.3 is 0 Å². The van der Waals surface area contributed by atoms with Gasteiger partial charge in [-0.25, -0.2) is 4.98 Å². The predicted molar refractivity (Wildman–Crippen MR) is 57.9 cm³/mol. The first kappa shape index (κ1) is 8.79. The van der Waals surface area contributed by atoms with Gasteiger partial charge in [0.25, 0.3) is 5.56 Å². The maximum absolute atomic E-state index is 11.4. The molecule has 2 aromatic rings. The summed E-state index contributed by atoms with van der Waals surface area (Å²) in [6.45, 7) is 0. The minimum absolute atomic E-state index is 0.0738. The van der Waals surface area contributed by atoms with Crippen molar-refractivity contribution in [3.8, 4) is 10.7 Å². The van der Waals surface area contributed by atoms with E-state index in [9.17, 15) is 4.79 Å². The quantitative estimate of drug-likeness (QED) is 0.837. The highest BCUT2D eigenvalue weighted by molar-refractivity contribution is 7.13. The first-order valence-corrected chi connectivity index (χ1v) is 5.71. The summed E-state index contributed by atoms with van der Waals surface area (Å²) in [5.74, 6) is 1.14. The fourth-order valence-electron chi connectivity index (χ4n) is 1.51. The smallest absolute Gasteiger partial charge is 0.251 e. The molecule has 1 aliphatic rings. The number of aromatic nitrogens is 3. The van der Waals surface area contributed by atoms with Crippen molar-refractivity contribution in [3.05, 3.63) is 33.8 Å². The van der Waals surface area contributed by atoms with E-state index >= 15 is 0 Å². The number of rotatable bonds is 2. The Hall–Kier alpha value is -1.49. The molecule has 0 aromatic carbocycles. The molecule has 4 nitrogen and oxygen atoms in total. The molecule has 1 saturated carbocycles. The topological polar surface area (TPSA) is 58.6 Å². The van der Waals surface area contributed by atoms with E-state index in [-0.39, 0.29) is 5.56 Å². The highest BCUT2D eigenvalue weighted by Crippen LogP contribution is 2.38. The number of hydrogen-bond acceptors (Lipinski definition) is 4. The Morgan fingerprint density at radius 3 is 3.00 bits per heavy atom. The molecule has 0 unspecified atom stereocenters. The average molecular weight is 219 g/mol. The second kappa shape index (κ2) is 3.27. The van der Waals surface area contributed by atoms with Gasteiger partial charge in [-0.3, -0.25) is 9.78 Å². The predicted octanol–water partition coefficient (Wildman–Crippen LogP) is 1.77. The van der Waals surface area contributed by atoms with E-state index < -0.39 is 0 Å². The number of nitrogens with one attached hydrogen (secondary N) is 1. The monoisotopic (exact) mass is 219 g/mol. The molecule has 15 heavy (non-hydrogen) atoms. The van der Waals surface area contributed by atoms with Crippen molar-refractivity contribution in [1.82, 2.24) is 15.0 Å². The zero-order valence-corrected chi connectivity index (χ0v) is 8.75. The van der Waals surface area contributed by atoms with Gasteiger partial charge in [0.05, 0.1) is 16.1 Å². The second-order valence-corrected chi connectivity index (χ2v) is 4.55. The zero-order valence-electron chi connectivity index (χ0n) is 7.93. The van der Waals surface area contributed by atoms with Crippen molar-refractivity contribution in [2.75, 3.05) is 0 Å². The minimum Gasteiger partial charge on any atom is -0.306 e. The molecule has 1 aliphatic carbocycles. The van der Waals surface area contributed by atoms with Crippen LogP contribution in [-0.4, -0.2) is 15.0 Å². The van der Waals surface area contributed by atoms with Crippen LogP contribution in [0.5, 0.6) is 0 Å². The molecule has 0 atom stereocenters. The van der Waals surface area contributed by atoms with Gasteiger partial charge in [-0.05, 0) is 12.8 Å². The zero-order chi connectivity index (χ0) is 10.3. The maximum Gasteiger partial charge on any atom is 0.251 e. The Morgan fingerprint density at radius 1 is 1.47 bits per heavy atom. The summed E-state index contributed by atoms with van der Waals surface area (Å²) in [6.07, 6.45) is 4.02. The highest BCUT2D eigenvalue weighted by Gasteiger charge is 2.25. The van der Waals surface area contributed by atoms with E-state index in [1.54, 1.807) is 17.8 Å². The van der Waals surface area contributed by atoms with E-state index in [4.69, 9.17) is 0 Å². The molecule has 76 valence electrons. The van der Waals surface area contributed by atoms with Crippen LogP contribution >= 0.6 is 11.3 Å². The van der Waals surface area contributed by atoms with Gasteiger partial charge in [0.1, 0.15) is 0 Å². The third-order valence-corrected chi connectivity index (χ3v) is 3.20. The van der Waals surface area contributed by atoms with Gasteiger partial charge in [-0.15, -0.1) is 11.3 Å². The van der Waals surface area contributed by atoms with E-state index in [0.29, 0.717) is 11.7 Å². The highest BCUT2D eigenvalue weighted by atomic mass is 32.1. The summed E-state index contributed by atoms with van der Waals surface area (Å²) < 4.78 is 0. The summed E-state index contributed by atoms with van der Waals surface area (Å²) in [5.41, 5.74) is 2.58. The first-order chi connectivity index (χ1) is 7.33. The lowest BCUT2D eigenvalue weighted by atomic mass is 10.3. The van der Waals surface area contributed by atoms with Gasteiger partial charge in [0, 0.05) is 18.2 Å². The molecule has 0 radical (unpaired) electrons. The summed E-state index contributed by atoms with van der Waals surface area (Å²) >= 11 is 1.48. The Morgan fingerprint density at radius 2 is 2.33 bits per heavy atom. The van der Waals surface area contributed by atoms with Crippen LogP contribution < -0.4 is 5.56 Å². The lowest BCUT2D eigenvalue weighted by molar-refractivity contribution is 0.979. The van der Waals surface area contributed by atoms with Gasteiger partial charge in [-0.1, -0.05) is 0 Å². The molecule has 0 aliphatic heterocycles. The summed E-state index contributed by atoms with van der Waals surface area (Å²) in [4.78, 5) is 23.5. The lowest BCUT2D eigenvalue weighted by Crippen LogP contribution is -2.09. The Labute approximate surface area is 90.0 Å². The summed E-state index contributed by atoms with van der Waals surface area (Å²) in [7, 11) is 0. The van der Waals surface area contributed by atoms with Gasteiger partial charge in [0.2, 0.25) is 0 Å². The van der Waals surface area contributed by atoms with Crippen LogP contribution in [-0.2, 0) is 0 Å². The number of nitrogens with zero attached hydrogens (tertiary/aromatic N) is 2. The van der Waals surface area contributed by atoms with Gasteiger partial charge in [0.15, 0.2) is 5.82 Å². The van der Waals surface area contributed by atoms with Crippen molar-refractivity contribution in [1.29, 1.82) is 0 Å². The van der Waals surface area contributed by atoms with Crippen molar-refractivity contribution in [3.63, 3.8) is 0 Å². The van der Waals surface area contributed by atoms with Gasteiger partial charge in [-0.2, -0.15) is 0 Å². The summed E-state index contributed by atoms with van der Waals surface area (Å²) in [6, 6.07) is 1.60. The normalized spacial score (nSPS) is 15.5. The van der Waals surface area contributed by atoms with Crippen molar-refractivity contribution in [2.45, 2.75) is 18.8 Å². The van der Waals surface area contributed by atoms with Gasteiger partial charge < -0.3 is 4.98 Å². The molecule has 5 heteroatoms. The average Bonchev–Trinajstić information content (AvgIpc) is 2.93. The number of thiazole rings is 1. The third-order valence-electron chi connectivity index (χ3n) is 2.42. The molecule has 1 N–H and O–H groups in total. The SMILES string of the molecule is O=c1cc(C2CC2)nc(-c2cncs2)[nH]1. The fourth-order valence-corrected chi connectivity index (χ4v) is 2.08. The third kappa shape index (κ3) is 1.70. The lowest BCUT2D eigenvalue weighted by Gasteiger charge is -1.99. The fraction of sp³-hybridized carbons (Fsp3) is 0.300. The first-order valence-electron chi connectivity index (χ1n) is 4.83. The van der Waals surface area contributed by atoms with Crippen molar-refractivity contribution >= 4 is 11.3 Å². The van der Waals surface area contributed by atoms with Crippen LogP contribution in [0.15, 0.2) is 22.6 Å². The molecule has 3 rings (SSSR count). The Bertz CT molecular complexity index is 528. The van der Waals surface area contributed by atoms with Crippen LogP contribution in [0.1, 0.15) is 24.5 Å². The molecule has 0 spiro atoms. The van der Waals surface area contributed by atoms with Crippen LogP contribution in [0.3, 0.4) is 0 Å². The molecule has 0 bridgehead atoms. The van der Waals surface area contributed by atoms with Crippen molar-refractivity contribution < 1.29 is 0 Å². The number of H-pyrrole nitrogens is 1. The van der Waals surface area contributed by atoms with E-state index in [1.165, 1.54) is 11.3 Å². The number of hydrogen-bond donors (Lipinski definition) is 1. The Kier molecular flexibility index (Phi) is 1.92. The minimum atomic E-state index is -0.0738. The summed E-state index contributed by atoms with van der Waals surface area (Å²) in [5, 5.41) is 0. The maximum atomic E-state index is 11.4. The molecular formula is C10H9N3OS. The molecule has 2 heterocycles. The van der Waals surface area contributed by atoms with Crippen LogP contribution in [0.4, 0.5) is 0 Å². The van der Waals surface area contributed by atoms with E-state index in [1.807, 2.05) is 0 Å². The van der Waals surface area contributed by atoms with E-state index in [0.717, 1.165) is 23.4 Å². The molecule has 2 aromatic heterocycles. The molecule has 0 amide bonds. The van der Waals surface area contributed by atoms with Crippen molar-refractivity contribution in [2.24, 2.45) is 0 Å². The van der Waals surface area contributed by atoms with E-state index in [2.05, 4.69) is 15.0 Å². The van der Waals surface area contributed by atoms with Crippen LogP contribution in [0, 0.1) is 0 Å². The second-order valence-electron chi connectivity index (χ2n) is 3.66.